The molecule has 2 aliphatic rings. The van der Waals surface area contributed by atoms with E-state index in [-0.39, 0.29) is 18.6 Å². The average molecular weight is 446 g/mol. The van der Waals surface area contributed by atoms with Crippen molar-refractivity contribution in [1.82, 2.24) is 25.3 Å². The van der Waals surface area contributed by atoms with Crippen LogP contribution >= 0.6 is 0 Å². The maximum Gasteiger partial charge on any atom is 0.270 e. The number of aliphatic hydroxyl groups excluding tert-OH is 1. The van der Waals surface area contributed by atoms with Crippen molar-refractivity contribution in [2.24, 2.45) is 0 Å². The Hall–Kier alpha value is -3.23. The lowest BCUT2D eigenvalue weighted by atomic mass is 9.89. The predicted molar refractivity (Wildman–Crippen MR) is 122 cm³/mol. The Morgan fingerprint density at radius 1 is 1.12 bits per heavy atom. The van der Waals surface area contributed by atoms with Crippen molar-refractivity contribution < 1.29 is 14.6 Å². The van der Waals surface area contributed by atoms with Crippen LogP contribution in [0.3, 0.4) is 0 Å². The molecule has 2 N–H and O–H groups in total. The third-order valence-electron chi connectivity index (χ3n) is 6.31. The maximum absolute atomic E-state index is 13.0. The molecule has 0 unspecified atom stereocenters. The number of fused-ring (bicyclic) bond motifs is 1. The number of aromatic nitrogens is 4. The number of nitrogens with one attached hydrogen (secondary N) is 1. The molecule has 1 fully saturated rings. The molecule has 4 heterocycles. The number of hydrogen-bond acceptors (Lipinski definition) is 7. The molecule has 170 valence electrons. The lowest BCUT2D eigenvalue weighted by Gasteiger charge is -2.28. The van der Waals surface area contributed by atoms with Crippen molar-refractivity contribution in [1.29, 1.82) is 0 Å². The van der Waals surface area contributed by atoms with Crippen molar-refractivity contribution in [2.45, 2.75) is 50.7 Å². The fourth-order valence-corrected chi connectivity index (χ4v) is 4.53. The van der Waals surface area contributed by atoms with E-state index in [9.17, 15) is 9.90 Å². The first-order valence-electron chi connectivity index (χ1n) is 11.5. The number of amides is 1. The third-order valence-corrected chi connectivity index (χ3v) is 6.31. The van der Waals surface area contributed by atoms with E-state index < -0.39 is 6.10 Å². The number of pyridine rings is 2. The highest BCUT2D eigenvalue weighted by atomic mass is 16.5. The van der Waals surface area contributed by atoms with Gasteiger partial charge in [-0.05, 0) is 67.3 Å². The van der Waals surface area contributed by atoms with Gasteiger partial charge < -0.3 is 15.2 Å². The molecule has 8 heteroatoms. The largest absolute Gasteiger partial charge is 0.389 e. The molecule has 0 saturated carbocycles. The maximum atomic E-state index is 13.0. The van der Waals surface area contributed by atoms with Gasteiger partial charge in [-0.15, -0.1) is 0 Å². The minimum atomic E-state index is -0.696. The molecule has 0 radical (unpaired) electrons. The van der Waals surface area contributed by atoms with Gasteiger partial charge >= 0.3 is 0 Å². The average Bonchev–Trinajstić information content (AvgIpc) is 2.86. The SMILES string of the molecule is O=C(N[C@H]1CCOC[C@@H]1O)c1cc(Cc2ccc(-c3cnccn3)nc2)c2c(n1)CCCC2. The molecular formula is C25H27N5O3. The van der Waals surface area contributed by atoms with Gasteiger partial charge in [0, 0.05) is 30.9 Å². The molecule has 33 heavy (non-hydrogen) atoms. The summed E-state index contributed by atoms with van der Waals surface area (Å²) >= 11 is 0. The van der Waals surface area contributed by atoms with Gasteiger partial charge in [0.05, 0.1) is 30.6 Å². The molecule has 1 saturated heterocycles. The number of aliphatic hydroxyl groups is 1. The number of carbonyl (C=O) groups is 1. The molecule has 1 aliphatic heterocycles. The first kappa shape index (κ1) is 21.6. The minimum Gasteiger partial charge on any atom is -0.389 e. The van der Waals surface area contributed by atoms with Crippen LogP contribution in [0.1, 0.15) is 52.1 Å². The second-order valence-electron chi connectivity index (χ2n) is 8.63. The second kappa shape index (κ2) is 9.72. The molecule has 1 aliphatic carbocycles. The summed E-state index contributed by atoms with van der Waals surface area (Å²) in [6.45, 7) is 0.772. The number of carbonyl (C=O) groups excluding carboxylic acids is 1. The second-order valence-corrected chi connectivity index (χ2v) is 8.63. The van der Waals surface area contributed by atoms with E-state index in [1.165, 1.54) is 5.56 Å². The Morgan fingerprint density at radius 2 is 2.03 bits per heavy atom. The molecule has 2 atom stereocenters. The van der Waals surface area contributed by atoms with Gasteiger partial charge in [0.2, 0.25) is 0 Å². The molecule has 8 nitrogen and oxygen atoms in total. The number of nitrogens with zero attached hydrogens (tertiary/aromatic N) is 4. The van der Waals surface area contributed by atoms with Crippen molar-refractivity contribution in [3.8, 4) is 11.4 Å². The van der Waals surface area contributed by atoms with Crippen LogP contribution in [0, 0.1) is 0 Å². The molecule has 0 aromatic carbocycles. The Morgan fingerprint density at radius 3 is 2.82 bits per heavy atom. The minimum absolute atomic E-state index is 0.241. The van der Waals surface area contributed by atoms with Crippen LogP contribution in [-0.4, -0.2) is 56.3 Å². The summed E-state index contributed by atoms with van der Waals surface area (Å²) in [5.74, 6) is -0.244. The summed E-state index contributed by atoms with van der Waals surface area (Å²) in [7, 11) is 0. The highest BCUT2D eigenvalue weighted by Gasteiger charge is 2.27. The standard InChI is InChI=1S/C25H27N5O3/c31-24-15-33-10-7-21(24)30-25(32)22-12-17(18-3-1-2-4-19(18)29-22)11-16-5-6-20(28-13-16)23-14-26-8-9-27-23/h5-6,8-9,12-14,21,24,31H,1-4,7,10-11,15H2,(H,30,32)/t21-,24-/m0/s1. The van der Waals surface area contributed by atoms with Crippen molar-refractivity contribution in [3.63, 3.8) is 0 Å². The first-order chi connectivity index (χ1) is 16.2. The van der Waals surface area contributed by atoms with Gasteiger partial charge in [-0.1, -0.05) is 6.07 Å². The van der Waals surface area contributed by atoms with Crippen molar-refractivity contribution in [2.75, 3.05) is 13.2 Å². The van der Waals surface area contributed by atoms with E-state index in [4.69, 9.17) is 9.72 Å². The zero-order valence-electron chi connectivity index (χ0n) is 18.4. The quantitative estimate of drug-likeness (QED) is 0.620. The lowest BCUT2D eigenvalue weighted by molar-refractivity contribution is -0.0261. The van der Waals surface area contributed by atoms with E-state index in [2.05, 4.69) is 20.3 Å². The summed E-state index contributed by atoms with van der Waals surface area (Å²) in [6, 6.07) is 5.59. The number of ether oxygens (including phenoxy) is 1. The van der Waals surface area contributed by atoms with Gasteiger partial charge in [0.25, 0.3) is 5.91 Å². The van der Waals surface area contributed by atoms with Gasteiger partial charge in [-0.25, -0.2) is 4.98 Å². The molecule has 0 spiro atoms. The summed E-state index contributed by atoms with van der Waals surface area (Å²) in [5, 5.41) is 13.1. The van der Waals surface area contributed by atoms with Crippen LogP contribution in [0.15, 0.2) is 43.0 Å². The zero-order chi connectivity index (χ0) is 22.6. The Kier molecular flexibility index (Phi) is 6.37. The molecule has 1 amide bonds. The first-order valence-corrected chi connectivity index (χ1v) is 11.5. The number of hydrogen-bond donors (Lipinski definition) is 2. The normalized spacial score (nSPS) is 20.2. The van der Waals surface area contributed by atoms with Crippen LogP contribution in [0.5, 0.6) is 0 Å². The third kappa shape index (κ3) is 4.91. The smallest absolute Gasteiger partial charge is 0.270 e. The lowest BCUT2D eigenvalue weighted by Crippen LogP contribution is -2.48. The summed E-state index contributed by atoms with van der Waals surface area (Å²) < 4.78 is 5.27. The Labute approximate surface area is 192 Å². The van der Waals surface area contributed by atoms with E-state index in [1.807, 2.05) is 24.4 Å². The number of aryl methyl sites for hydroxylation is 1. The van der Waals surface area contributed by atoms with Crippen LogP contribution < -0.4 is 5.32 Å². The fraction of sp³-hybridized carbons (Fsp3) is 0.400. The Balaban J connectivity index is 1.39. The van der Waals surface area contributed by atoms with E-state index in [0.717, 1.165) is 53.9 Å². The summed E-state index contributed by atoms with van der Waals surface area (Å²) in [4.78, 5) is 30.7. The molecule has 0 bridgehead atoms. The highest BCUT2D eigenvalue weighted by molar-refractivity contribution is 5.93. The van der Waals surface area contributed by atoms with E-state index in [0.29, 0.717) is 25.1 Å². The zero-order valence-corrected chi connectivity index (χ0v) is 18.4. The Bertz CT molecular complexity index is 1120. The topological polar surface area (TPSA) is 110 Å². The molecule has 3 aromatic rings. The van der Waals surface area contributed by atoms with E-state index in [1.54, 1.807) is 18.6 Å². The van der Waals surface area contributed by atoms with Crippen molar-refractivity contribution in [3.05, 3.63) is 71.1 Å². The van der Waals surface area contributed by atoms with Crippen LogP contribution in [-0.2, 0) is 24.0 Å². The summed E-state index contributed by atoms with van der Waals surface area (Å²) in [5.41, 5.74) is 6.37. The van der Waals surface area contributed by atoms with Gasteiger partial charge in [0.15, 0.2) is 0 Å². The molecule has 5 rings (SSSR count). The van der Waals surface area contributed by atoms with Crippen LogP contribution in [0.4, 0.5) is 0 Å². The monoisotopic (exact) mass is 445 g/mol. The highest BCUT2D eigenvalue weighted by Crippen LogP contribution is 2.26. The van der Waals surface area contributed by atoms with E-state index >= 15 is 0 Å². The predicted octanol–water partition coefficient (Wildman–Crippen LogP) is 2.28. The van der Waals surface area contributed by atoms with Crippen LogP contribution in [0.25, 0.3) is 11.4 Å². The van der Waals surface area contributed by atoms with Crippen LogP contribution in [0.2, 0.25) is 0 Å². The fourth-order valence-electron chi connectivity index (χ4n) is 4.53. The number of rotatable bonds is 5. The molecule has 3 aromatic heterocycles. The van der Waals surface area contributed by atoms with Crippen molar-refractivity contribution >= 4 is 5.91 Å². The van der Waals surface area contributed by atoms with Gasteiger partial charge in [-0.3, -0.25) is 19.7 Å². The summed E-state index contributed by atoms with van der Waals surface area (Å²) in [6.07, 6.45) is 11.5. The molecular weight excluding hydrogens is 418 g/mol. The van der Waals surface area contributed by atoms with Gasteiger partial charge in [0.1, 0.15) is 11.4 Å². The van der Waals surface area contributed by atoms with Gasteiger partial charge in [-0.2, -0.15) is 0 Å².